The van der Waals surface area contributed by atoms with E-state index in [9.17, 15) is 0 Å². The third-order valence-electron chi connectivity index (χ3n) is 3.61. The molecule has 5 heteroatoms. The fraction of sp³-hybridized carbons (Fsp3) is 0.714. The highest BCUT2D eigenvalue weighted by molar-refractivity contribution is 5.12. The Morgan fingerprint density at radius 2 is 1.95 bits per heavy atom. The van der Waals surface area contributed by atoms with Crippen LogP contribution in [0.5, 0.6) is 11.8 Å². The van der Waals surface area contributed by atoms with E-state index in [1.807, 2.05) is 0 Å². The van der Waals surface area contributed by atoms with Crippen molar-refractivity contribution in [3.05, 3.63) is 12.4 Å². The minimum Gasteiger partial charge on any atom is -0.477 e. The monoisotopic (exact) mass is 265 g/mol. The van der Waals surface area contributed by atoms with Gasteiger partial charge in [-0.2, -0.15) is 4.98 Å². The normalized spacial score (nSPS) is 22.4. The lowest BCUT2D eigenvalue weighted by Gasteiger charge is -2.17. The Morgan fingerprint density at radius 3 is 2.68 bits per heavy atom. The Morgan fingerprint density at radius 1 is 1.21 bits per heavy atom. The van der Waals surface area contributed by atoms with Gasteiger partial charge in [-0.05, 0) is 37.6 Å². The van der Waals surface area contributed by atoms with Crippen LogP contribution in [0.25, 0.3) is 0 Å². The molecule has 0 radical (unpaired) electrons. The van der Waals surface area contributed by atoms with Crippen molar-refractivity contribution in [3.63, 3.8) is 0 Å². The van der Waals surface area contributed by atoms with Gasteiger partial charge >= 0.3 is 0 Å². The summed E-state index contributed by atoms with van der Waals surface area (Å²) in [6.07, 6.45) is 7.86. The molecule has 2 unspecified atom stereocenters. The maximum Gasteiger partial charge on any atom is 0.235 e. The molecule has 0 saturated heterocycles. The van der Waals surface area contributed by atoms with Crippen LogP contribution in [-0.4, -0.2) is 29.7 Å². The number of ether oxygens (including phenoxy) is 2. The first-order chi connectivity index (χ1) is 9.33. The van der Waals surface area contributed by atoms with Crippen molar-refractivity contribution in [1.29, 1.82) is 0 Å². The Hall–Kier alpha value is -1.36. The SMILES string of the molecule is CCCOc1cncc(OCC2CCCC2CN)n1. The van der Waals surface area contributed by atoms with Gasteiger partial charge in [0.25, 0.3) is 0 Å². The second-order valence-electron chi connectivity index (χ2n) is 5.04. The number of hydrogen-bond donors (Lipinski definition) is 1. The minimum atomic E-state index is 0.529. The van der Waals surface area contributed by atoms with Crippen molar-refractivity contribution in [3.8, 4) is 11.8 Å². The highest BCUT2D eigenvalue weighted by Crippen LogP contribution is 2.31. The Bertz CT molecular complexity index is 387. The topological polar surface area (TPSA) is 70.3 Å². The summed E-state index contributed by atoms with van der Waals surface area (Å²) in [5.74, 6) is 2.21. The second-order valence-corrected chi connectivity index (χ2v) is 5.04. The molecule has 1 heterocycles. The van der Waals surface area contributed by atoms with Crippen molar-refractivity contribution in [2.45, 2.75) is 32.6 Å². The third-order valence-corrected chi connectivity index (χ3v) is 3.61. The van der Waals surface area contributed by atoms with Crippen LogP contribution >= 0.6 is 0 Å². The Balaban J connectivity index is 1.85. The summed E-state index contributed by atoms with van der Waals surface area (Å²) in [4.78, 5) is 8.37. The maximum atomic E-state index is 5.77. The highest BCUT2D eigenvalue weighted by atomic mass is 16.5. The Kier molecular flexibility index (Phi) is 5.39. The van der Waals surface area contributed by atoms with E-state index in [1.54, 1.807) is 12.4 Å². The lowest BCUT2D eigenvalue weighted by Crippen LogP contribution is -2.23. The fourth-order valence-electron chi connectivity index (χ4n) is 2.51. The van der Waals surface area contributed by atoms with Gasteiger partial charge in [0.1, 0.15) is 0 Å². The summed E-state index contributed by atoms with van der Waals surface area (Å²) < 4.78 is 11.2. The van der Waals surface area contributed by atoms with Crippen molar-refractivity contribution in [1.82, 2.24) is 9.97 Å². The van der Waals surface area contributed by atoms with Crippen LogP contribution in [-0.2, 0) is 0 Å². The van der Waals surface area contributed by atoms with E-state index in [2.05, 4.69) is 16.9 Å². The van der Waals surface area contributed by atoms with Crippen LogP contribution in [0.15, 0.2) is 12.4 Å². The number of aromatic nitrogens is 2. The summed E-state index contributed by atoms with van der Waals surface area (Å²) in [5.41, 5.74) is 5.77. The van der Waals surface area contributed by atoms with Crippen LogP contribution in [0, 0.1) is 11.8 Å². The van der Waals surface area contributed by atoms with E-state index in [0.717, 1.165) is 13.0 Å². The standard InChI is InChI=1S/C14H23N3O2/c1-2-6-18-13-8-16-9-14(17-13)19-10-12-5-3-4-11(12)7-15/h8-9,11-12H,2-7,10,15H2,1H3. The van der Waals surface area contributed by atoms with Crippen molar-refractivity contribution >= 4 is 0 Å². The lowest BCUT2D eigenvalue weighted by atomic mass is 9.97. The summed E-state index contributed by atoms with van der Waals surface area (Å²) in [6.45, 7) is 4.13. The van der Waals surface area contributed by atoms with Gasteiger partial charge in [0.2, 0.25) is 11.8 Å². The van der Waals surface area contributed by atoms with Gasteiger partial charge in [-0.3, -0.25) is 4.98 Å². The minimum absolute atomic E-state index is 0.529. The van der Waals surface area contributed by atoms with Gasteiger partial charge in [-0.15, -0.1) is 0 Å². The third kappa shape index (κ3) is 4.06. The van der Waals surface area contributed by atoms with E-state index in [-0.39, 0.29) is 0 Å². The van der Waals surface area contributed by atoms with Crippen LogP contribution < -0.4 is 15.2 Å². The second kappa shape index (κ2) is 7.28. The molecule has 0 spiro atoms. The molecule has 19 heavy (non-hydrogen) atoms. The lowest BCUT2D eigenvalue weighted by molar-refractivity contribution is 0.206. The van der Waals surface area contributed by atoms with Crippen LogP contribution in [0.1, 0.15) is 32.6 Å². The van der Waals surface area contributed by atoms with Gasteiger partial charge in [-0.25, -0.2) is 0 Å². The fourth-order valence-corrected chi connectivity index (χ4v) is 2.51. The number of nitrogens with zero attached hydrogens (tertiary/aromatic N) is 2. The molecule has 2 atom stereocenters. The number of nitrogens with two attached hydrogens (primary N) is 1. The van der Waals surface area contributed by atoms with Gasteiger partial charge < -0.3 is 15.2 Å². The molecule has 1 fully saturated rings. The number of hydrogen-bond acceptors (Lipinski definition) is 5. The zero-order valence-electron chi connectivity index (χ0n) is 11.5. The van der Waals surface area contributed by atoms with Crippen molar-refractivity contribution in [2.75, 3.05) is 19.8 Å². The first kappa shape index (κ1) is 14.1. The molecular weight excluding hydrogens is 242 g/mol. The molecule has 1 aliphatic carbocycles. The van der Waals surface area contributed by atoms with E-state index < -0.39 is 0 Å². The largest absolute Gasteiger partial charge is 0.477 e. The molecule has 0 aliphatic heterocycles. The zero-order valence-corrected chi connectivity index (χ0v) is 11.5. The van der Waals surface area contributed by atoms with E-state index >= 15 is 0 Å². The molecule has 1 aromatic rings. The molecule has 0 amide bonds. The molecule has 106 valence electrons. The molecule has 1 aromatic heterocycles. The zero-order chi connectivity index (χ0) is 13.5. The van der Waals surface area contributed by atoms with Crippen LogP contribution in [0.4, 0.5) is 0 Å². The van der Waals surface area contributed by atoms with Gasteiger partial charge in [0.15, 0.2) is 0 Å². The van der Waals surface area contributed by atoms with E-state index in [1.165, 1.54) is 19.3 Å². The predicted octanol–water partition coefficient (Wildman–Crippen LogP) is 2.02. The molecule has 5 nitrogen and oxygen atoms in total. The summed E-state index contributed by atoms with van der Waals surface area (Å²) in [6, 6.07) is 0. The van der Waals surface area contributed by atoms with Crippen LogP contribution in [0.2, 0.25) is 0 Å². The summed E-state index contributed by atoms with van der Waals surface area (Å²) >= 11 is 0. The first-order valence-electron chi connectivity index (χ1n) is 7.11. The predicted molar refractivity (Wildman–Crippen MR) is 73.2 cm³/mol. The van der Waals surface area contributed by atoms with Crippen molar-refractivity contribution < 1.29 is 9.47 Å². The average molecular weight is 265 g/mol. The van der Waals surface area contributed by atoms with Gasteiger partial charge in [0.05, 0.1) is 25.6 Å². The summed E-state index contributed by atoms with van der Waals surface area (Å²) in [7, 11) is 0. The first-order valence-corrected chi connectivity index (χ1v) is 7.11. The molecule has 0 aromatic carbocycles. The van der Waals surface area contributed by atoms with E-state index in [0.29, 0.717) is 36.8 Å². The highest BCUT2D eigenvalue weighted by Gasteiger charge is 2.26. The number of rotatable bonds is 7. The van der Waals surface area contributed by atoms with Gasteiger partial charge in [0, 0.05) is 0 Å². The molecule has 1 aliphatic rings. The maximum absolute atomic E-state index is 5.77. The average Bonchev–Trinajstić information content (AvgIpc) is 2.91. The summed E-state index contributed by atoms with van der Waals surface area (Å²) in [5, 5.41) is 0. The van der Waals surface area contributed by atoms with Crippen LogP contribution in [0.3, 0.4) is 0 Å². The van der Waals surface area contributed by atoms with E-state index in [4.69, 9.17) is 15.2 Å². The quantitative estimate of drug-likeness (QED) is 0.816. The molecular formula is C14H23N3O2. The van der Waals surface area contributed by atoms with Crippen molar-refractivity contribution in [2.24, 2.45) is 17.6 Å². The van der Waals surface area contributed by atoms with Gasteiger partial charge in [-0.1, -0.05) is 13.3 Å². The molecule has 2 rings (SSSR count). The Labute approximate surface area is 114 Å². The smallest absolute Gasteiger partial charge is 0.235 e. The molecule has 2 N–H and O–H groups in total. The molecule has 1 saturated carbocycles. The molecule has 0 bridgehead atoms.